The van der Waals surface area contributed by atoms with Crippen molar-refractivity contribution in [1.82, 2.24) is 15.3 Å². The Morgan fingerprint density at radius 2 is 2.10 bits per heavy atom. The van der Waals surface area contributed by atoms with Gasteiger partial charge in [-0.05, 0) is 47.9 Å². The van der Waals surface area contributed by atoms with E-state index in [0.717, 1.165) is 5.56 Å². The lowest BCUT2D eigenvalue weighted by molar-refractivity contribution is -0.118. The molecular weight excluding hydrogens is 407 g/mol. The van der Waals surface area contributed by atoms with Crippen LogP contribution in [0.3, 0.4) is 0 Å². The average Bonchev–Trinajstić information content (AvgIpc) is 2.75. The minimum Gasteiger partial charge on any atom is -0.347 e. The third kappa shape index (κ3) is 3.89. The lowest BCUT2D eigenvalue weighted by Crippen LogP contribution is -2.31. The van der Waals surface area contributed by atoms with Gasteiger partial charge in [0.2, 0.25) is 5.91 Å². The van der Waals surface area contributed by atoms with E-state index in [0.29, 0.717) is 35.2 Å². The molecule has 1 aliphatic heterocycles. The summed E-state index contributed by atoms with van der Waals surface area (Å²) < 4.78 is 14.8. The molecule has 3 heterocycles. The largest absolute Gasteiger partial charge is 0.347 e. The van der Waals surface area contributed by atoms with E-state index in [1.54, 1.807) is 43.7 Å². The monoisotopic (exact) mass is 424 g/mol. The molecule has 0 spiro atoms. The number of hydrogen-bond acceptors (Lipinski definition) is 4. The molecule has 1 N–H and O–H groups in total. The zero-order valence-electron chi connectivity index (χ0n) is 16.2. The molecule has 0 radical (unpaired) electrons. The van der Waals surface area contributed by atoms with Gasteiger partial charge >= 0.3 is 0 Å². The van der Waals surface area contributed by atoms with E-state index in [9.17, 15) is 14.0 Å². The van der Waals surface area contributed by atoms with Crippen LogP contribution in [0.1, 0.15) is 28.0 Å². The zero-order chi connectivity index (χ0) is 21.3. The second-order valence-electron chi connectivity index (χ2n) is 7.01. The van der Waals surface area contributed by atoms with Crippen LogP contribution in [0.4, 0.5) is 10.1 Å². The van der Waals surface area contributed by atoms with Gasteiger partial charge < -0.3 is 10.2 Å². The van der Waals surface area contributed by atoms with Gasteiger partial charge in [0.1, 0.15) is 11.5 Å². The van der Waals surface area contributed by atoms with Crippen molar-refractivity contribution in [1.29, 1.82) is 0 Å². The minimum atomic E-state index is -0.432. The van der Waals surface area contributed by atoms with Crippen molar-refractivity contribution in [2.45, 2.75) is 19.4 Å². The summed E-state index contributed by atoms with van der Waals surface area (Å²) in [6, 6.07) is 8.17. The van der Waals surface area contributed by atoms with Crippen LogP contribution in [0.15, 0.2) is 48.9 Å². The SMILES string of the molecule is CN1C(=O)CCc2cc(-c3cncc(CNC(=O)c4ncccc4Cl)c3)c(F)cc21. The van der Waals surface area contributed by atoms with Crippen LogP contribution in [0.5, 0.6) is 0 Å². The van der Waals surface area contributed by atoms with Crippen molar-refractivity contribution in [2.24, 2.45) is 0 Å². The van der Waals surface area contributed by atoms with Gasteiger partial charge in [-0.2, -0.15) is 0 Å². The van der Waals surface area contributed by atoms with Crippen LogP contribution in [-0.2, 0) is 17.8 Å². The molecule has 0 atom stereocenters. The fraction of sp³-hybridized carbons (Fsp3) is 0.182. The number of fused-ring (bicyclic) bond motifs is 1. The Bertz CT molecular complexity index is 1150. The molecule has 1 aliphatic rings. The van der Waals surface area contributed by atoms with E-state index in [1.807, 2.05) is 0 Å². The van der Waals surface area contributed by atoms with Gasteiger partial charge in [0.25, 0.3) is 5.91 Å². The van der Waals surface area contributed by atoms with Crippen molar-refractivity contribution in [2.75, 3.05) is 11.9 Å². The summed E-state index contributed by atoms with van der Waals surface area (Å²) in [7, 11) is 1.65. The number of pyridine rings is 2. The van der Waals surface area contributed by atoms with Gasteiger partial charge in [-0.3, -0.25) is 14.6 Å². The second kappa shape index (κ2) is 8.20. The molecule has 0 fully saturated rings. The fourth-order valence-corrected chi connectivity index (χ4v) is 3.64. The maximum atomic E-state index is 14.8. The van der Waals surface area contributed by atoms with Crippen molar-refractivity contribution >= 4 is 29.1 Å². The second-order valence-corrected chi connectivity index (χ2v) is 7.42. The van der Waals surface area contributed by atoms with Crippen LogP contribution >= 0.6 is 11.6 Å². The number of anilines is 1. The van der Waals surface area contributed by atoms with Crippen molar-refractivity contribution in [3.8, 4) is 11.1 Å². The predicted octanol–water partition coefficient (Wildman–Crippen LogP) is 3.78. The van der Waals surface area contributed by atoms with Crippen molar-refractivity contribution < 1.29 is 14.0 Å². The Labute approximate surface area is 177 Å². The number of carbonyl (C=O) groups excluding carboxylic acids is 2. The molecular formula is C22H18ClFN4O2. The van der Waals surface area contributed by atoms with Gasteiger partial charge in [-0.15, -0.1) is 0 Å². The first kappa shape index (κ1) is 20.0. The number of hydrogen-bond donors (Lipinski definition) is 1. The zero-order valence-corrected chi connectivity index (χ0v) is 16.9. The molecule has 2 aromatic heterocycles. The number of aromatic nitrogens is 2. The Morgan fingerprint density at radius 3 is 2.90 bits per heavy atom. The summed E-state index contributed by atoms with van der Waals surface area (Å²) >= 11 is 6.00. The summed E-state index contributed by atoms with van der Waals surface area (Å²) in [6.07, 6.45) is 5.64. The molecule has 0 bridgehead atoms. The van der Waals surface area contributed by atoms with E-state index in [4.69, 9.17) is 11.6 Å². The number of benzene rings is 1. The van der Waals surface area contributed by atoms with Crippen LogP contribution in [0.25, 0.3) is 11.1 Å². The Morgan fingerprint density at radius 1 is 1.27 bits per heavy atom. The highest BCUT2D eigenvalue weighted by Crippen LogP contribution is 2.33. The summed E-state index contributed by atoms with van der Waals surface area (Å²) in [5.41, 5.74) is 3.36. The van der Waals surface area contributed by atoms with Gasteiger partial charge in [-0.25, -0.2) is 9.37 Å². The normalized spacial score (nSPS) is 13.2. The predicted molar refractivity (Wildman–Crippen MR) is 112 cm³/mol. The van der Waals surface area contributed by atoms with Crippen LogP contribution in [0, 0.1) is 5.82 Å². The lowest BCUT2D eigenvalue weighted by atomic mass is 9.96. The standard InChI is InChI=1S/C22H18ClFN4O2/c1-28-19-9-18(24)16(8-14(19)4-5-20(28)29)15-7-13(10-25-12-15)11-27-22(30)21-17(23)3-2-6-26-21/h2-3,6-10,12H,4-5,11H2,1H3,(H,27,30). The van der Waals surface area contributed by atoms with Crippen molar-refractivity contribution in [3.63, 3.8) is 0 Å². The van der Waals surface area contributed by atoms with Crippen molar-refractivity contribution in [3.05, 3.63) is 76.6 Å². The van der Waals surface area contributed by atoms with E-state index < -0.39 is 11.7 Å². The first-order chi connectivity index (χ1) is 14.4. The Hall–Kier alpha value is -3.32. The summed E-state index contributed by atoms with van der Waals surface area (Å²) in [5.74, 6) is -0.862. The van der Waals surface area contributed by atoms with E-state index in [2.05, 4.69) is 15.3 Å². The minimum absolute atomic E-state index is 0.0259. The highest BCUT2D eigenvalue weighted by Gasteiger charge is 2.23. The number of halogens is 2. The van der Waals surface area contributed by atoms with Crippen LogP contribution in [-0.4, -0.2) is 28.8 Å². The van der Waals surface area contributed by atoms with Gasteiger partial charge in [0.05, 0.1) is 5.02 Å². The summed E-state index contributed by atoms with van der Waals surface area (Å²) in [6.45, 7) is 0.191. The number of aryl methyl sites for hydroxylation is 1. The number of rotatable bonds is 4. The number of carbonyl (C=O) groups is 2. The maximum absolute atomic E-state index is 14.8. The van der Waals surface area contributed by atoms with Gasteiger partial charge in [0.15, 0.2) is 0 Å². The molecule has 8 heteroatoms. The third-order valence-corrected chi connectivity index (χ3v) is 5.35. The van der Waals surface area contributed by atoms with Gasteiger partial charge in [-0.1, -0.05) is 11.6 Å². The fourth-order valence-electron chi connectivity index (χ4n) is 3.44. The summed E-state index contributed by atoms with van der Waals surface area (Å²) in [5, 5.41) is 3.01. The van der Waals surface area contributed by atoms with E-state index >= 15 is 0 Å². The molecule has 0 saturated heterocycles. The third-order valence-electron chi connectivity index (χ3n) is 5.04. The molecule has 30 heavy (non-hydrogen) atoms. The highest BCUT2D eigenvalue weighted by molar-refractivity contribution is 6.33. The highest BCUT2D eigenvalue weighted by atomic mass is 35.5. The van der Waals surface area contributed by atoms with Crippen LogP contribution < -0.4 is 10.2 Å². The number of nitrogens with zero attached hydrogens (tertiary/aromatic N) is 3. The molecule has 2 amide bonds. The average molecular weight is 425 g/mol. The quantitative estimate of drug-likeness (QED) is 0.691. The molecule has 0 saturated carbocycles. The molecule has 0 aliphatic carbocycles. The topological polar surface area (TPSA) is 75.2 Å². The first-order valence-corrected chi connectivity index (χ1v) is 9.74. The lowest BCUT2D eigenvalue weighted by Gasteiger charge is -2.26. The molecule has 1 aromatic carbocycles. The Balaban J connectivity index is 1.56. The maximum Gasteiger partial charge on any atom is 0.271 e. The molecule has 3 aromatic rings. The summed E-state index contributed by atoms with van der Waals surface area (Å²) in [4.78, 5) is 33.8. The molecule has 0 unspecified atom stereocenters. The van der Waals surface area contributed by atoms with E-state index in [1.165, 1.54) is 17.2 Å². The smallest absolute Gasteiger partial charge is 0.271 e. The first-order valence-electron chi connectivity index (χ1n) is 9.36. The molecule has 4 rings (SSSR count). The molecule has 152 valence electrons. The van der Waals surface area contributed by atoms with Crippen LogP contribution in [0.2, 0.25) is 5.02 Å². The van der Waals surface area contributed by atoms with E-state index in [-0.39, 0.29) is 23.2 Å². The van der Waals surface area contributed by atoms with Gasteiger partial charge in [0, 0.05) is 55.4 Å². The Kier molecular flexibility index (Phi) is 5.46. The molecule has 6 nitrogen and oxygen atoms in total. The number of amides is 2. The number of nitrogens with one attached hydrogen (secondary N) is 1.